The Hall–Kier alpha value is -1.91. The summed E-state index contributed by atoms with van der Waals surface area (Å²) in [5.74, 6) is -0.811. The van der Waals surface area contributed by atoms with Crippen LogP contribution in [-0.2, 0) is 0 Å². The maximum atomic E-state index is 10.8. The summed E-state index contributed by atoms with van der Waals surface area (Å²) in [6, 6.07) is 4.52. The van der Waals surface area contributed by atoms with Gasteiger partial charge in [0.25, 0.3) is 0 Å². The Morgan fingerprint density at radius 1 is 1.54 bits per heavy atom. The molecule has 0 fully saturated rings. The van der Waals surface area contributed by atoms with Crippen LogP contribution in [0.5, 0.6) is 0 Å². The van der Waals surface area contributed by atoms with Gasteiger partial charge in [-0.1, -0.05) is 0 Å². The van der Waals surface area contributed by atoms with E-state index in [1.807, 2.05) is 0 Å². The first-order valence-electron chi connectivity index (χ1n) is 3.64. The van der Waals surface area contributed by atoms with Gasteiger partial charge < -0.3 is 11.1 Å². The van der Waals surface area contributed by atoms with E-state index < -0.39 is 5.91 Å². The molecule has 0 bridgehead atoms. The second kappa shape index (κ2) is 3.66. The lowest BCUT2D eigenvalue weighted by molar-refractivity contribution is 0.100. The van der Waals surface area contributed by atoms with Gasteiger partial charge in [-0.3, -0.25) is 4.79 Å². The van der Waals surface area contributed by atoms with E-state index in [0.29, 0.717) is 11.4 Å². The average Bonchev–Trinajstić information content (AvgIpc) is 2.16. The van der Waals surface area contributed by atoms with Crippen molar-refractivity contribution in [2.75, 3.05) is 18.1 Å². The van der Waals surface area contributed by atoms with E-state index in [1.54, 1.807) is 13.1 Å². The maximum Gasteiger partial charge on any atom is 0.316 e. The summed E-state index contributed by atoms with van der Waals surface area (Å²) in [5, 5.41) is 5.12. The van der Waals surface area contributed by atoms with Crippen molar-refractivity contribution in [1.82, 2.24) is 0 Å². The third kappa shape index (κ3) is 1.81. The molecule has 0 saturated carbocycles. The van der Waals surface area contributed by atoms with Crippen molar-refractivity contribution in [1.29, 1.82) is 0 Å². The molecule has 0 aliphatic heterocycles. The third-order valence-electron chi connectivity index (χ3n) is 1.65. The lowest BCUT2D eigenvalue weighted by atomic mass is 10.1. The number of benzene rings is 1. The van der Waals surface area contributed by atoms with Crippen molar-refractivity contribution >= 4 is 17.3 Å². The predicted molar refractivity (Wildman–Crippen MR) is 50.5 cm³/mol. The number of carbonyl (C=O) groups is 1. The summed E-state index contributed by atoms with van der Waals surface area (Å²) in [7, 11) is 1.71. The molecular weight excluding hydrogens is 170 g/mol. The lowest BCUT2D eigenvalue weighted by Gasteiger charge is -2.04. The zero-order valence-corrected chi connectivity index (χ0v) is 7.07. The minimum Gasteiger partial charge on any atom is -0.397 e. The van der Waals surface area contributed by atoms with Crippen molar-refractivity contribution in [3.05, 3.63) is 28.7 Å². The van der Waals surface area contributed by atoms with Crippen LogP contribution >= 0.6 is 0 Å². The first-order valence-corrected chi connectivity index (χ1v) is 3.64. The van der Waals surface area contributed by atoms with Crippen LogP contribution in [0.2, 0.25) is 0 Å². The summed E-state index contributed by atoms with van der Waals surface area (Å²) in [4.78, 5) is 20.7. The molecule has 1 amide bonds. The van der Waals surface area contributed by atoms with Gasteiger partial charge in [0.1, 0.15) is 0 Å². The number of nitrogens with one attached hydrogen (secondary N) is 1. The summed E-state index contributed by atoms with van der Waals surface area (Å²) in [6.45, 7) is 0. The highest BCUT2D eigenvalue weighted by Gasteiger charge is 2.06. The quantitative estimate of drug-likeness (QED) is 0.528. The number of hydrogen-bond donors (Lipinski definition) is 2. The Labute approximate surface area is 74.9 Å². The molecule has 1 aromatic rings. The van der Waals surface area contributed by atoms with Gasteiger partial charge >= 0.3 is 5.91 Å². The average molecular weight is 179 g/mol. The monoisotopic (exact) mass is 179 g/mol. The van der Waals surface area contributed by atoms with Crippen LogP contribution in [0.4, 0.5) is 11.4 Å². The maximum absolute atomic E-state index is 10.8. The summed E-state index contributed by atoms with van der Waals surface area (Å²) >= 11 is 0. The zero-order valence-electron chi connectivity index (χ0n) is 7.07. The number of hydrogen-bond acceptors (Lipinski definition) is 4. The van der Waals surface area contributed by atoms with Crippen molar-refractivity contribution in [2.45, 2.75) is 0 Å². The molecule has 0 heterocycles. The van der Waals surface area contributed by atoms with Crippen LogP contribution in [0.15, 0.2) is 23.4 Å². The Kier molecular flexibility index (Phi) is 2.59. The molecule has 0 aliphatic carbocycles. The molecule has 0 radical (unpaired) electrons. The van der Waals surface area contributed by atoms with Gasteiger partial charge in [-0.05, 0) is 18.2 Å². The fraction of sp³-hybridized carbons (Fsp3) is 0.125. The van der Waals surface area contributed by atoms with E-state index in [1.165, 1.54) is 12.1 Å². The molecule has 5 heteroatoms. The molecule has 1 aromatic carbocycles. The van der Waals surface area contributed by atoms with Crippen LogP contribution in [0.3, 0.4) is 0 Å². The smallest absolute Gasteiger partial charge is 0.316 e. The number of carbonyl (C=O) groups excluding carboxylic acids is 1. The molecule has 0 aromatic heterocycles. The van der Waals surface area contributed by atoms with Crippen LogP contribution < -0.4 is 11.1 Å². The van der Waals surface area contributed by atoms with E-state index in [4.69, 9.17) is 5.73 Å². The fourth-order valence-corrected chi connectivity index (χ4v) is 0.976. The number of nitrogen functional groups attached to an aromatic ring is 1. The van der Waals surface area contributed by atoms with E-state index in [9.17, 15) is 9.70 Å². The fourth-order valence-electron chi connectivity index (χ4n) is 0.976. The standard InChI is InChI=1S/C8H9N3O2/c1-10-7-3-2-5(4-6(7)9)8(12)11-13/h2-4,10H,9H2,1H3. The highest BCUT2D eigenvalue weighted by Crippen LogP contribution is 2.19. The molecule has 68 valence electrons. The van der Waals surface area contributed by atoms with Crippen molar-refractivity contribution < 1.29 is 4.79 Å². The molecule has 0 saturated heterocycles. The van der Waals surface area contributed by atoms with Crippen LogP contribution in [-0.4, -0.2) is 13.0 Å². The van der Waals surface area contributed by atoms with Crippen molar-refractivity contribution in [3.63, 3.8) is 0 Å². The Morgan fingerprint density at radius 2 is 2.23 bits per heavy atom. The van der Waals surface area contributed by atoms with Crippen molar-refractivity contribution in [3.8, 4) is 0 Å². The molecule has 1 rings (SSSR count). The van der Waals surface area contributed by atoms with E-state index in [2.05, 4.69) is 10.5 Å². The summed E-state index contributed by atoms with van der Waals surface area (Å²) in [6.07, 6.45) is 0. The second-order valence-electron chi connectivity index (χ2n) is 2.45. The van der Waals surface area contributed by atoms with E-state index in [0.717, 1.165) is 0 Å². The molecule has 0 atom stereocenters. The number of amides is 1. The number of nitroso groups, excluding NO2 is 1. The summed E-state index contributed by atoms with van der Waals surface area (Å²) < 4.78 is 0. The first-order chi connectivity index (χ1) is 6.19. The molecule has 0 unspecified atom stereocenters. The highest BCUT2D eigenvalue weighted by molar-refractivity contribution is 5.96. The van der Waals surface area contributed by atoms with Gasteiger partial charge in [-0.25, -0.2) is 0 Å². The third-order valence-corrected chi connectivity index (χ3v) is 1.65. The molecular formula is C8H9N3O2. The largest absolute Gasteiger partial charge is 0.397 e. The first kappa shape index (κ1) is 9.18. The molecule has 3 N–H and O–H groups in total. The predicted octanol–water partition coefficient (Wildman–Crippen LogP) is 1.22. The van der Waals surface area contributed by atoms with Gasteiger partial charge in [0, 0.05) is 17.8 Å². The molecule has 5 nitrogen and oxygen atoms in total. The van der Waals surface area contributed by atoms with Crippen LogP contribution in [0.25, 0.3) is 0 Å². The molecule has 0 aliphatic rings. The van der Waals surface area contributed by atoms with Gasteiger partial charge in [0.15, 0.2) is 0 Å². The lowest BCUT2D eigenvalue weighted by Crippen LogP contribution is -1.99. The Morgan fingerprint density at radius 3 is 2.69 bits per heavy atom. The van der Waals surface area contributed by atoms with Gasteiger partial charge in [-0.2, -0.15) is 0 Å². The van der Waals surface area contributed by atoms with Gasteiger partial charge in [0.05, 0.1) is 11.4 Å². The highest BCUT2D eigenvalue weighted by atomic mass is 16.3. The minimum absolute atomic E-state index is 0.200. The van der Waals surface area contributed by atoms with E-state index >= 15 is 0 Å². The topological polar surface area (TPSA) is 84.5 Å². The SMILES string of the molecule is CNc1ccc(C(=O)N=O)cc1N. The van der Waals surface area contributed by atoms with Crippen molar-refractivity contribution in [2.24, 2.45) is 5.18 Å². The Bertz CT molecular complexity index is 349. The zero-order chi connectivity index (χ0) is 9.84. The number of anilines is 2. The molecule has 13 heavy (non-hydrogen) atoms. The van der Waals surface area contributed by atoms with Gasteiger partial charge in [0.2, 0.25) is 0 Å². The number of nitrogens with zero attached hydrogens (tertiary/aromatic N) is 1. The summed E-state index contributed by atoms with van der Waals surface area (Å²) in [5.41, 5.74) is 6.89. The Balaban J connectivity index is 3.09. The normalized spacial score (nSPS) is 9.31. The molecule has 0 spiro atoms. The minimum atomic E-state index is -0.811. The second-order valence-corrected chi connectivity index (χ2v) is 2.45. The van der Waals surface area contributed by atoms with Crippen LogP contribution in [0.1, 0.15) is 10.4 Å². The van der Waals surface area contributed by atoms with Gasteiger partial charge in [-0.15, -0.1) is 4.91 Å². The van der Waals surface area contributed by atoms with E-state index in [-0.39, 0.29) is 5.56 Å². The number of nitrogens with two attached hydrogens (primary N) is 1. The van der Waals surface area contributed by atoms with Crippen LogP contribution in [0, 0.1) is 4.91 Å². The number of rotatable bonds is 2.